The van der Waals surface area contributed by atoms with Crippen molar-refractivity contribution in [2.24, 2.45) is 0 Å². The first-order valence-corrected chi connectivity index (χ1v) is 5.13. The van der Waals surface area contributed by atoms with Gasteiger partial charge in [0.15, 0.2) is 5.43 Å². The van der Waals surface area contributed by atoms with E-state index < -0.39 is 0 Å². The van der Waals surface area contributed by atoms with E-state index in [1.807, 2.05) is 12.3 Å². The number of nitrogens with zero attached hydrogens (tertiary/aromatic N) is 1. The van der Waals surface area contributed by atoms with Crippen LogP contribution in [0.2, 0.25) is 0 Å². The third-order valence-electron chi connectivity index (χ3n) is 2.92. The fraction of sp³-hybridized carbons (Fsp3) is 0.154. The van der Waals surface area contributed by atoms with Gasteiger partial charge < -0.3 is 4.57 Å². The lowest BCUT2D eigenvalue weighted by Gasteiger charge is -2.21. The van der Waals surface area contributed by atoms with E-state index in [1.165, 1.54) is 11.1 Å². The molecule has 0 bridgehead atoms. The van der Waals surface area contributed by atoms with Crippen molar-refractivity contribution in [3.05, 3.63) is 58.4 Å². The van der Waals surface area contributed by atoms with Gasteiger partial charge in [0.25, 0.3) is 0 Å². The summed E-state index contributed by atoms with van der Waals surface area (Å²) in [4.78, 5) is 11.3. The summed E-state index contributed by atoms with van der Waals surface area (Å²) in [6.45, 7) is 0.965. The van der Waals surface area contributed by atoms with E-state index in [0.29, 0.717) is 0 Å². The number of hydrogen-bond acceptors (Lipinski definition) is 1. The third-order valence-corrected chi connectivity index (χ3v) is 2.92. The summed E-state index contributed by atoms with van der Waals surface area (Å²) in [6, 6.07) is 11.6. The molecule has 74 valence electrons. The SMILES string of the molecule is O=c1ccn2c(c1)-c1ccccc1CC2. The maximum absolute atomic E-state index is 11.3. The highest BCUT2D eigenvalue weighted by atomic mass is 16.1. The highest BCUT2D eigenvalue weighted by Crippen LogP contribution is 2.27. The lowest BCUT2D eigenvalue weighted by Crippen LogP contribution is -2.15. The van der Waals surface area contributed by atoms with E-state index in [0.717, 1.165) is 18.7 Å². The Morgan fingerprint density at radius 1 is 1.13 bits per heavy atom. The van der Waals surface area contributed by atoms with Crippen LogP contribution in [0.5, 0.6) is 0 Å². The van der Waals surface area contributed by atoms with Crippen molar-refractivity contribution in [2.45, 2.75) is 13.0 Å². The van der Waals surface area contributed by atoms with Gasteiger partial charge in [-0.1, -0.05) is 24.3 Å². The second-order valence-electron chi connectivity index (χ2n) is 3.85. The van der Waals surface area contributed by atoms with Gasteiger partial charge in [0.2, 0.25) is 0 Å². The average Bonchev–Trinajstić information content (AvgIpc) is 2.29. The fourth-order valence-corrected chi connectivity index (χ4v) is 2.17. The Balaban J connectivity index is 2.33. The molecule has 2 heterocycles. The Labute approximate surface area is 87.8 Å². The van der Waals surface area contributed by atoms with E-state index in [9.17, 15) is 4.79 Å². The Bertz CT molecular complexity index is 569. The van der Waals surface area contributed by atoms with Crippen LogP contribution < -0.4 is 5.43 Å². The highest BCUT2D eigenvalue weighted by molar-refractivity contribution is 5.65. The van der Waals surface area contributed by atoms with Crippen molar-refractivity contribution in [3.63, 3.8) is 0 Å². The van der Waals surface area contributed by atoms with Crippen LogP contribution in [0.25, 0.3) is 11.3 Å². The molecule has 3 rings (SSSR count). The Morgan fingerprint density at radius 2 is 2.00 bits per heavy atom. The monoisotopic (exact) mass is 197 g/mol. The summed E-state index contributed by atoms with van der Waals surface area (Å²) >= 11 is 0. The number of hydrogen-bond donors (Lipinski definition) is 0. The zero-order chi connectivity index (χ0) is 10.3. The minimum atomic E-state index is 0.0814. The number of rotatable bonds is 0. The molecular weight excluding hydrogens is 186 g/mol. The van der Waals surface area contributed by atoms with Crippen molar-refractivity contribution in [2.75, 3.05) is 0 Å². The first kappa shape index (κ1) is 8.48. The topological polar surface area (TPSA) is 22.0 Å². The van der Waals surface area contributed by atoms with E-state index >= 15 is 0 Å². The van der Waals surface area contributed by atoms with Crippen LogP contribution in [0.15, 0.2) is 47.4 Å². The van der Waals surface area contributed by atoms with Gasteiger partial charge in [-0.3, -0.25) is 4.79 Å². The van der Waals surface area contributed by atoms with Gasteiger partial charge in [-0.15, -0.1) is 0 Å². The number of fused-ring (bicyclic) bond motifs is 3. The molecule has 0 atom stereocenters. The van der Waals surface area contributed by atoms with E-state index in [2.05, 4.69) is 22.8 Å². The minimum Gasteiger partial charge on any atom is -0.347 e. The molecule has 0 fully saturated rings. The van der Waals surface area contributed by atoms with Crippen molar-refractivity contribution in [1.29, 1.82) is 0 Å². The van der Waals surface area contributed by atoms with Crippen LogP contribution in [-0.4, -0.2) is 4.57 Å². The molecule has 0 radical (unpaired) electrons. The van der Waals surface area contributed by atoms with Crippen molar-refractivity contribution in [3.8, 4) is 11.3 Å². The van der Waals surface area contributed by atoms with Gasteiger partial charge in [0.05, 0.1) is 5.69 Å². The van der Waals surface area contributed by atoms with Crippen LogP contribution in [-0.2, 0) is 13.0 Å². The van der Waals surface area contributed by atoms with Gasteiger partial charge in [-0.25, -0.2) is 0 Å². The highest BCUT2D eigenvalue weighted by Gasteiger charge is 2.13. The average molecular weight is 197 g/mol. The molecular formula is C13H11NO. The molecule has 2 heteroatoms. The summed E-state index contributed by atoms with van der Waals surface area (Å²) < 4.78 is 2.14. The van der Waals surface area contributed by atoms with Crippen LogP contribution >= 0.6 is 0 Å². The number of pyridine rings is 1. The fourth-order valence-electron chi connectivity index (χ4n) is 2.17. The normalized spacial score (nSPS) is 13.1. The Morgan fingerprint density at radius 3 is 2.93 bits per heavy atom. The number of aromatic nitrogens is 1. The summed E-state index contributed by atoms with van der Waals surface area (Å²) in [7, 11) is 0. The van der Waals surface area contributed by atoms with E-state index in [1.54, 1.807) is 12.1 Å². The number of aryl methyl sites for hydroxylation is 2. The second-order valence-corrected chi connectivity index (χ2v) is 3.85. The molecule has 1 aliphatic heterocycles. The van der Waals surface area contributed by atoms with Gasteiger partial charge in [-0.05, 0) is 12.0 Å². The zero-order valence-corrected chi connectivity index (χ0v) is 8.31. The molecule has 0 aliphatic carbocycles. The zero-order valence-electron chi connectivity index (χ0n) is 8.31. The summed E-state index contributed by atoms with van der Waals surface area (Å²) in [5, 5.41) is 0. The largest absolute Gasteiger partial charge is 0.347 e. The van der Waals surface area contributed by atoms with E-state index in [-0.39, 0.29) is 5.43 Å². The predicted molar refractivity (Wildman–Crippen MR) is 59.8 cm³/mol. The van der Waals surface area contributed by atoms with Crippen LogP contribution in [0.4, 0.5) is 0 Å². The molecule has 0 spiro atoms. The standard InChI is InChI=1S/C13H11NO/c15-11-6-8-14-7-5-10-3-1-2-4-12(10)13(14)9-11/h1-4,6,8-9H,5,7H2. The molecule has 15 heavy (non-hydrogen) atoms. The second kappa shape index (κ2) is 3.09. The first-order valence-electron chi connectivity index (χ1n) is 5.13. The molecule has 0 amide bonds. The van der Waals surface area contributed by atoms with Crippen LogP contribution in [0.3, 0.4) is 0 Å². The van der Waals surface area contributed by atoms with Gasteiger partial charge in [0, 0.05) is 30.4 Å². The van der Waals surface area contributed by atoms with Crippen LogP contribution in [0, 0.1) is 0 Å². The quantitative estimate of drug-likeness (QED) is 0.633. The minimum absolute atomic E-state index is 0.0814. The maximum Gasteiger partial charge on any atom is 0.182 e. The molecule has 2 aromatic rings. The third kappa shape index (κ3) is 1.30. The molecule has 0 saturated carbocycles. The van der Waals surface area contributed by atoms with Gasteiger partial charge in [-0.2, -0.15) is 0 Å². The Kier molecular flexibility index (Phi) is 1.75. The molecule has 0 unspecified atom stereocenters. The lowest BCUT2D eigenvalue weighted by atomic mass is 9.98. The van der Waals surface area contributed by atoms with E-state index in [4.69, 9.17) is 0 Å². The molecule has 1 aromatic carbocycles. The first-order chi connectivity index (χ1) is 7.34. The van der Waals surface area contributed by atoms with Gasteiger partial charge >= 0.3 is 0 Å². The molecule has 1 aliphatic rings. The molecule has 2 nitrogen and oxygen atoms in total. The van der Waals surface area contributed by atoms with Crippen molar-refractivity contribution >= 4 is 0 Å². The molecule has 0 saturated heterocycles. The molecule has 0 N–H and O–H groups in total. The summed E-state index contributed by atoms with van der Waals surface area (Å²) in [5.74, 6) is 0. The maximum atomic E-state index is 11.3. The molecule has 1 aromatic heterocycles. The van der Waals surface area contributed by atoms with Gasteiger partial charge in [0.1, 0.15) is 0 Å². The number of benzene rings is 1. The van der Waals surface area contributed by atoms with Crippen molar-refractivity contribution in [1.82, 2.24) is 4.57 Å². The Hall–Kier alpha value is -1.83. The smallest absolute Gasteiger partial charge is 0.182 e. The van der Waals surface area contributed by atoms with Crippen molar-refractivity contribution < 1.29 is 0 Å². The summed E-state index contributed by atoms with van der Waals surface area (Å²) in [6.07, 6.45) is 2.93. The lowest BCUT2D eigenvalue weighted by molar-refractivity contribution is 0.679. The summed E-state index contributed by atoms with van der Waals surface area (Å²) in [5.41, 5.74) is 3.66. The van der Waals surface area contributed by atoms with Crippen LogP contribution in [0.1, 0.15) is 5.56 Å². The predicted octanol–water partition coefficient (Wildman–Crippen LogP) is 2.07.